The number of benzene rings is 2. The molecule has 1 aliphatic heterocycles. The molecule has 104 valence electrons. The Morgan fingerprint density at radius 2 is 2.00 bits per heavy atom. The van der Waals surface area contributed by atoms with Gasteiger partial charge in [0.25, 0.3) is 0 Å². The van der Waals surface area contributed by atoms with Crippen molar-refractivity contribution in [2.24, 2.45) is 0 Å². The van der Waals surface area contributed by atoms with Gasteiger partial charge in [-0.25, -0.2) is 0 Å². The summed E-state index contributed by atoms with van der Waals surface area (Å²) in [6.07, 6.45) is 1.13. The van der Waals surface area contributed by atoms with E-state index >= 15 is 0 Å². The van der Waals surface area contributed by atoms with Gasteiger partial charge in [-0.2, -0.15) is 0 Å². The van der Waals surface area contributed by atoms with Crippen LogP contribution in [0.15, 0.2) is 46.9 Å². The van der Waals surface area contributed by atoms with Gasteiger partial charge >= 0.3 is 0 Å². The van der Waals surface area contributed by atoms with Crippen LogP contribution in [0.25, 0.3) is 0 Å². The number of halogens is 1. The minimum Gasteiger partial charge on any atom is -0.497 e. The molecule has 0 N–H and O–H groups in total. The third-order valence-electron chi connectivity index (χ3n) is 3.45. The molecule has 3 rings (SSSR count). The lowest BCUT2D eigenvalue weighted by Crippen LogP contribution is -2.21. The summed E-state index contributed by atoms with van der Waals surface area (Å²) in [5.41, 5.74) is 4.04. The summed E-state index contributed by atoms with van der Waals surface area (Å²) >= 11 is 5.56. The second-order valence-electron chi connectivity index (χ2n) is 4.71. The predicted octanol–water partition coefficient (Wildman–Crippen LogP) is 4.67. The molecule has 0 unspecified atom stereocenters. The Morgan fingerprint density at radius 1 is 1.20 bits per heavy atom. The zero-order valence-corrected chi connectivity index (χ0v) is 13.7. The number of hydrogen-bond acceptors (Lipinski definition) is 3. The fourth-order valence-corrected chi connectivity index (χ4v) is 4.00. The van der Waals surface area contributed by atoms with Crippen LogP contribution in [0.1, 0.15) is 11.1 Å². The number of fused-ring (bicyclic) bond motifs is 1. The van der Waals surface area contributed by atoms with Crippen LogP contribution in [0, 0.1) is 0 Å². The fraction of sp³-hybridized carbons (Fsp3) is 0.250. The van der Waals surface area contributed by atoms with Crippen LogP contribution in [0.4, 0.5) is 5.69 Å². The quantitative estimate of drug-likeness (QED) is 0.747. The van der Waals surface area contributed by atoms with Crippen molar-refractivity contribution < 1.29 is 4.74 Å². The molecule has 2 aromatic carbocycles. The van der Waals surface area contributed by atoms with Gasteiger partial charge in [0.1, 0.15) is 5.75 Å². The highest BCUT2D eigenvalue weighted by atomic mass is 79.9. The number of rotatable bonds is 3. The lowest BCUT2D eigenvalue weighted by molar-refractivity contribution is 0.414. The van der Waals surface area contributed by atoms with Crippen LogP contribution < -0.4 is 9.04 Å². The van der Waals surface area contributed by atoms with E-state index in [-0.39, 0.29) is 0 Å². The Morgan fingerprint density at radius 3 is 2.75 bits per heavy atom. The van der Waals surface area contributed by atoms with Gasteiger partial charge in [-0.15, -0.1) is 0 Å². The SMILES string of the molecule is COc1ccc(CN2SCCc3c(Br)cccc32)cc1. The Labute approximate surface area is 132 Å². The molecule has 20 heavy (non-hydrogen) atoms. The van der Waals surface area contributed by atoms with Crippen molar-refractivity contribution in [2.75, 3.05) is 17.2 Å². The van der Waals surface area contributed by atoms with Crippen molar-refractivity contribution in [3.05, 3.63) is 58.1 Å². The van der Waals surface area contributed by atoms with Crippen LogP contribution >= 0.6 is 27.9 Å². The highest BCUT2D eigenvalue weighted by Crippen LogP contribution is 2.37. The normalized spacial score (nSPS) is 14.0. The van der Waals surface area contributed by atoms with Crippen molar-refractivity contribution in [3.63, 3.8) is 0 Å². The molecular weight excluding hydrogens is 334 g/mol. The first-order valence-electron chi connectivity index (χ1n) is 6.58. The third kappa shape index (κ3) is 2.81. The average Bonchev–Trinajstić information content (AvgIpc) is 2.49. The van der Waals surface area contributed by atoms with Gasteiger partial charge < -0.3 is 9.04 Å². The Bertz CT molecular complexity index is 600. The molecule has 0 fully saturated rings. The smallest absolute Gasteiger partial charge is 0.118 e. The minimum atomic E-state index is 0.906. The van der Waals surface area contributed by atoms with E-state index in [2.05, 4.69) is 50.6 Å². The van der Waals surface area contributed by atoms with E-state index in [0.717, 1.165) is 24.5 Å². The molecule has 1 aliphatic rings. The summed E-state index contributed by atoms with van der Waals surface area (Å²) < 4.78 is 8.80. The molecule has 2 nitrogen and oxygen atoms in total. The summed E-state index contributed by atoms with van der Waals surface area (Å²) in [7, 11) is 1.70. The van der Waals surface area contributed by atoms with E-state index in [9.17, 15) is 0 Å². The van der Waals surface area contributed by atoms with Crippen molar-refractivity contribution in [3.8, 4) is 5.75 Å². The van der Waals surface area contributed by atoms with Gasteiger partial charge in [0.05, 0.1) is 19.3 Å². The van der Waals surface area contributed by atoms with Gasteiger partial charge in [0.2, 0.25) is 0 Å². The van der Waals surface area contributed by atoms with Crippen LogP contribution in [0.5, 0.6) is 5.75 Å². The monoisotopic (exact) mass is 349 g/mol. The Hall–Kier alpha value is -1.13. The first kappa shape index (κ1) is 13.8. The largest absolute Gasteiger partial charge is 0.497 e. The van der Waals surface area contributed by atoms with Crippen LogP contribution in [-0.4, -0.2) is 12.9 Å². The van der Waals surface area contributed by atoms with E-state index in [1.165, 1.54) is 21.3 Å². The maximum absolute atomic E-state index is 5.21. The Balaban J connectivity index is 1.83. The van der Waals surface area contributed by atoms with Gasteiger partial charge in [-0.3, -0.25) is 0 Å². The topological polar surface area (TPSA) is 12.5 Å². The second-order valence-corrected chi connectivity index (χ2v) is 6.67. The van der Waals surface area contributed by atoms with Gasteiger partial charge in [-0.1, -0.05) is 34.1 Å². The van der Waals surface area contributed by atoms with Crippen molar-refractivity contribution in [1.82, 2.24) is 0 Å². The van der Waals surface area contributed by atoms with E-state index in [1.54, 1.807) is 7.11 Å². The van der Waals surface area contributed by atoms with Gasteiger partial charge in [0.15, 0.2) is 0 Å². The standard InChI is InChI=1S/C16H16BrNOS/c1-19-13-7-5-12(6-8-13)11-18-16-4-2-3-15(17)14(16)9-10-20-18/h2-8H,9-11H2,1H3. The highest BCUT2D eigenvalue weighted by molar-refractivity contribution is 9.10. The van der Waals surface area contributed by atoms with Crippen molar-refractivity contribution >= 4 is 33.6 Å². The van der Waals surface area contributed by atoms with Crippen molar-refractivity contribution in [2.45, 2.75) is 13.0 Å². The molecule has 0 amide bonds. The average molecular weight is 350 g/mol. The number of anilines is 1. The molecule has 0 saturated heterocycles. The fourth-order valence-electron chi connectivity index (χ4n) is 2.38. The zero-order valence-electron chi connectivity index (χ0n) is 11.3. The molecule has 0 atom stereocenters. The maximum atomic E-state index is 5.21. The van der Waals surface area contributed by atoms with Crippen LogP contribution in [-0.2, 0) is 13.0 Å². The number of nitrogens with zero attached hydrogens (tertiary/aromatic N) is 1. The molecule has 0 radical (unpaired) electrons. The second kappa shape index (κ2) is 6.10. The predicted molar refractivity (Wildman–Crippen MR) is 89.5 cm³/mol. The lowest BCUT2D eigenvalue weighted by atomic mass is 10.1. The molecule has 2 aromatic rings. The van der Waals surface area contributed by atoms with E-state index in [0.29, 0.717) is 0 Å². The van der Waals surface area contributed by atoms with Crippen molar-refractivity contribution in [1.29, 1.82) is 0 Å². The Kier molecular flexibility index (Phi) is 4.22. The minimum absolute atomic E-state index is 0.906. The molecule has 0 aliphatic carbocycles. The van der Waals surface area contributed by atoms with Crippen LogP contribution in [0.3, 0.4) is 0 Å². The lowest BCUT2D eigenvalue weighted by Gasteiger charge is -2.30. The number of ether oxygens (including phenoxy) is 1. The third-order valence-corrected chi connectivity index (χ3v) is 5.21. The van der Waals surface area contributed by atoms with E-state index in [4.69, 9.17) is 4.74 Å². The molecule has 0 aromatic heterocycles. The summed E-state index contributed by atoms with van der Waals surface area (Å²) in [5, 5.41) is 0. The van der Waals surface area contributed by atoms with Gasteiger partial charge in [-0.05, 0) is 53.8 Å². The molecule has 0 bridgehead atoms. The highest BCUT2D eigenvalue weighted by Gasteiger charge is 2.19. The first-order chi connectivity index (χ1) is 9.78. The van der Waals surface area contributed by atoms with Gasteiger partial charge in [0, 0.05) is 10.2 Å². The summed E-state index contributed by atoms with van der Waals surface area (Å²) in [6, 6.07) is 14.7. The number of hydrogen-bond donors (Lipinski definition) is 0. The zero-order chi connectivity index (χ0) is 13.9. The molecular formula is C16H16BrNOS. The van der Waals surface area contributed by atoms with Crippen LogP contribution in [0.2, 0.25) is 0 Å². The molecule has 0 saturated carbocycles. The summed E-state index contributed by atoms with van der Waals surface area (Å²) in [5.74, 6) is 2.04. The molecule has 1 heterocycles. The van der Waals surface area contributed by atoms with E-state index in [1.807, 2.05) is 24.1 Å². The summed E-state index contributed by atoms with van der Waals surface area (Å²) in [4.78, 5) is 0. The maximum Gasteiger partial charge on any atom is 0.118 e. The van der Waals surface area contributed by atoms with E-state index < -0.39 is 0 Å². The molecule has 0 spiro atoms. The summed E-state index contributed by atoms with van der Waals surface area (Å²) in [6.45, 7) is 0.915. The number of methoxy groups -OCH3 is 1. The molecule has 4 heteroatoms. The first-order valence-corrected chi connectivity index (χ1v) is 8.32.